The number of β-amino-alcohol motifs (C(OH)–C–C–N with tert-alkyl or cyclic N) is 1. The molecule has 1 atom stereocenters. The molecule has 10 nitrogen and oxygen atoms in total. The first-order chi connectivity index (χ1) is 12.9. The Bertz CT molecular complexity index is 883. The Balaban J connectivity index is 1.80. The number of halogens is 1. The van der Waals surface area contributed by atoms with Crippen LogP contribution in [0.2, 0.25) is 5.28 Å². The molecular weight excluding hydrogens is 376 g/mol. The van der Waals surface area contributed by atoms with E-state index in [-0.39, 0.29) is 11.8 Å². The van der Waals surface area contributed by atoms with Crippen molar-refractivity contribution in [1.29, 1.82) is 0 Å². The number of piperidine rings is 1. The number of ether oxygens (including phenoxy) is 1. The van der Waals surface area contributed by atoms with E-state index in [4.69, 9.17) is 16.3 Å². The van der Waals surface area contributed by atoms with E-state index in [1.165, 1.54) is 4.90 Å². The molecular formula is C16H21ClN6O4. The quantitative estimate of drug-likeness (QED) is 0.716. The first kappa shape index (κ1) is 18.2. The van der Waals surface area contributed by atoms with Gasteiger partial charge in [0.15, 0.2) is 17.0 Å². The molecule has 146 valence electrons. The lowest BCUT2D eigenvalue weighted by atomic mass is 9.92. The highest BCUT2D eigenvalue weighted by Gasteiger charge is 2.41. The van der Waals surface area contributed by atoms with Gasteiger partial charge in [-0.2, -0.15) is 9.97 Å². The van der Waals surface area contributed by atoms with Crippen LogP contribution in [-0.4, -0.2) is 80.1 Å². The Labute approximate surface area is 160 Å². The zero-order chi connectivity index (χ0) is 19.2. The minimum atomic E-state index is -1.39. The van der Waals surface area contributed by atoms with Crippen LogP contribution < -0.4 is 4.90 Å². The van der Waals surface area contributed by atoms with Crippen molar-refractivity contribution >= 4 is 34.7 Å². The number of aryl methyl sites for hydroxylation is 1. The molecule has 1 amide bonds. The zero-order valence-corrected chi connectivity index (χ0v) is 15.7. The number of carbonyl (C=O) groups is 1. The summed E-state index contributed by atoms with van der Waals surface area (Å²) in [6, 6.07) is 0. The molecule has 0 bridgehead atoms. The van der Waals surface area contributed by atoms with Gasteiger partial charge in [0.1, 0.15) is 11.4 Å². The van der Waals surface area contributed by atoms with Crippen molar-refractivity contribution in [3.63, 3.8) is 0 Å². The monoisotopic (exact) mass is 396 g/mol. The topological polar surface area (TPSA) is 117 Å². The van der Waals surface area contributed by atoms with Gasteiger partial charge in [0.25, 0.3) is 0 Å². The predicted octanol–water partition coefficient (Wildman–Crippen LogP) is 0.815. The second kappa shape index (κ2) is 6.77. The summed E-state index contributed by atoms with van der Waals surface area (Å²) in [6.07, 6.45) is -0.0831. The number of fused-ring (bicyclic) bond motifs is 1. The summed E-state index contributed by atoms with van der Waals surface area (Å²) in [5.41, 5.74) is -0.340. The Kier molecular flexibility index (Phi) is 4.57. The molecule has 0 saturated carbocycles. The summed E-state index contributed by atoms with van der Waals surface area (Å²) >= 11 is 6.14. The van der Waals surface area contributed by atoms with E-state index >= 15 is 0 Å². The molecule has 0 aromatic carbocycles. The first-order valence-electron chi connectivity index (χ1n) is 8.82. The van der Waals surface area contributed by atoms with Crippen LogP contribution in [0.3, 0.4) is 0 Å². The van der Waals surface area contributed by atoms with Crippen LogP contribution in [0, 0.1) is 0 Å². The molecule has 1 unspecified atom stereocenters. The molecule has 0 radical (unpaired) electrons. The molecule has 0 aliphatic carbocycles. The summed E-state index contributed by atoms with van der Waals surface area (Å²) < 4.78 is 7.07. The second-order valence-corrected chi connectivity index (χ2v) is 7.26. The predicted molar refractivity (Wildman–Crippen MR) is 97.1 cm³/mol. The van der Waals surface area contributed by atoms with Gasteiger partial charge in [-0.15, -0.1) is 0 Å². The third kappa shape index (κ3) is 3.17. The normalized spacial score (nSPS) is 23.8. The lowest BCUT2D eigenvalue weighted by molar-refractivity contribution is -0.0377. The van der Waals surface area contributed by atoms with Crippen LogP contribution in [0.4, 0.5) is 10.6 Å². The third-order valence-corrected chi connectivity index (χ3v) is 5.31. The maximum Gasteiger partial charge on any atom is 0.407 e. The molecule has 2 fully saturated rings. The number of rotatable bonds is 2. The van der Waals surface area contributed by atoms with Crippen LogP contribution in [-0.2, 0) is 17.4 Å². The number of anilines is 1. The number of likely N-dealkylation sites (tertiary alicyclic amines) is 1. The number of nitrogens with zero attached hydrogens (tertiary/aromatic N) is 6. The van der Waals surface area contributed by atoms with E-state index in [1.807, 2.05) is 4.90 Å². The van der Waals surface area contributed by atoms with Crippen molar-refractivity contribution in [3.8, 4) is 0 Å². The molecule has 2 aromatic rings. The molecule has 0 spiro atoms. The van der Waals surface area contributed by atoms with Gasteiger partial charge in [0.2, 0.25) is 5.28 Å². The van der Waals surface area contributed by atoms with E-state index in [0.717, 1.165) is 0 Å². The molecule has 4 rings (SSSR count). The van der Waals surface area contributed by atoms with Crippen LogP contribution >= 0.6 is 11.6 Å². The lowest BCUT2D eigenvalue weighted by Gasteiger charge is -2.37. The summed E-state index contributed by atoms with van der Waals surface area (Å²) in [5, 5.41) is 20.6. The number of hydrogen-bond donors (Lipinski definition) is 2. The van der Waals surface area contributed by atoms with Gasteiger partial charge in [-0.05, 0) is 24.4 Å². The molecule has 27 heavy (non-hydrogen) atoms. The summed E-state index contributed by atoms with van der Waals surface area (Å²) in [5.74, 6) is 0.971. The minimum Gasteiger partial charge on any atom is -0.465 e. The SMILES string of the molecule is Cn1c(C2(O)CCCN(C(=O)O)C2)nc2c(N3CCOCC3)nc(Cl)nc21. The number of carboxylic acid groups (broad SMARTS) is 1. The Hall–Kier alpha value is -2.17. The van der Waals surface area contributed by atoms with Gasteiger partial charge >= 0.3 is 6.09 Å². The second-order valence-electron chi connectivity index (χ2n) is 6.92. The standard InChI is InChI=1S/C16H21ClN6O4/c1-21-11-10(12(20-14(17)19-11)22-5-7-27-8-6-22)18-13(21)16(26)3-2-4-23(9-16)15(24)25/h26H,2-9H2,1H3,(H,24,25). The van der Waals surface area contributed by atoms with Crippen molar-refractivity contribution in [1.82, 2.24) is 24.4 Å². The highest BCUT2D eigenvalue weighted by molar-refractivity contribution is 6.28. The average Bonchev–Trinajstić information content (AvgIpc) is 2.99. The van der Waals surface area contributed by atoms with Gasteiger partial charge in [-0.1, -0.05) is 0 Å². The molecule has 2 aliphatic rings. The van der Waals surface area contributed by atoms with Crippen molar-refractivity contribution in [2.75, 3.05) is 44.3 Å². The number of aromatic nitrogens is 4. The molecule has 11 heteroatoms. The lowest BCUT2D eigenvalue weighted by Crippen LogP contribution is -2.49. The summed E-state index contributed by atoms with van der Waals surface area (Å²) in [7, 11) is 1.74. The number of morpholine rings is 1. The maximum atomic E-state index is 11.4. The minimum absolute atomic E-state index is 0.0342. The van der Waals surface area contributed by atoms with Gasteiger partial charge in [-0.3, -0.25) is 0 Å². The van der Waals surface area contributed by atoms with E-state index in [9.17, 15) is 15.0 Å². The molecule has 2 aromatic heterocycles. The maximum absolute atomic E-state index is 11.4. The highest BCUT2D eigenvalue weighted by atomic mass is 35.5. The molecule has 2 N–H and O–H groups in total. The molecule has 2 aliphatic heterocycles. The Morgan fingerprint density at radius 3 is 2.67 bits per heavy atom. The smallest absolute Gasteiger partial charge is 0.407 e. The Morgan fingerprint density at radius 1 is 1.22 bits per heavy atom. The zero-order valence-electron chi connectivity index (χ0n) is 14.9. The molecule has 2 saturated heterocycles. The van der Waals surface area contributed by atoms with E-state index in [1.54, 1.807) is 11.6 Å². The van der Waals surface area contributed by atoms with E-state index < -0.39 is 11.7 Å². The van der Waals surface area contributed by atoms with Crippen LogP contribution in [0.15, 0.2) is 0 Å². The number of amides is 1. The van der Waals surface area contributed by atoms with E-state index in [2.05, 4.69) is 15.0 Å². The average molecular weight is 397 g/mol. The molecule has 4 heterocycles. The fourth-order valence-corrected chi connectivity index (χ4v) is 3.97. The van der Waals surface area contributed by atoms with Crippen LogP contribution in [0.25, 0.3) is 11.2 Å². The van der Waals surface area contributed by atoms with Crippen molar-refractivity contribution < 1.29 is 19.7 Å². The van der Waals surface area contributed by atoms with Crippen molar-refractivity contribution in [2.24, 2.45) is 7.05 Å². The van der Waals surface area contributed by atoms with Crippen molar-refractivity contribution in [2.45, 2.75) is 18.4 Å². The van der Waals surface area contributed by atoms with Crippen LogP contribution in [0.5, 0.6) is 0 Å². The summed E-state index contributed by atoms with van der Waals surface area (Å²) in [4.78, 5) is 27.9. The first-order valence-corrected chi connectivity index (χ1v) is 9.20. The Morgan fingerprint density at radius 2 is 1.96 bits per heavy atom. The fraction of sp³-hybridized carbons (Fsp3) is 0.625. The number of aliphatic hydroxyl groups is 1. The third-order valence-electron chi connectivity index (χ3n) is 5.14. The van der Waals surface area contributed by atoms with Gasteiger partial charge in [0.05, 0.1) is 19.8 Å². The van der Waals surface area contributed by atoms with Gasteiger partial charge in [0, 0.05) is 26.7 Å². The summed E-state index contributed by atoms with van der Waals surface area (Å²) in [6.45, 7) is 2.84. The van der Waals surface area contributed by atoms with Gasteiger partial charge in [-0.25, -0.2) is 9.78 Å². The van der Waals surface area contributed by atoms with Gasteiger partial charge < -0.3 is 29.3 Å². The number of hydrogen-bond acceptors (Lipinski definition) is 7. The highest BCUT2D eigenvalue weighted by Crippen LogP contribution is 2.34. The van der Waals surface area contributed by atoms with E-state index in [0.29, 0.717) is 68.5 Å². The van der Waals surface area contributed by atoms with Crippen molar-refractivity contribution in [3.05, 3.63) is 11.1 Å². The number of imidazole rings is 1. The fourth-order valence-electron chi connectivity index (χ4n) is 3.81. The largest absolute Gasteiger partial charge is 0.465 e. The van der Waals surface area contributed by atoms with Crippen LogP contribution in [0.1, 0.15) is 18.7 Å².